The van der Waals surface area contributed by atoms with Gasteiger partial charge in [-0.3, -0.25) is 0 Å². The molecule has 4 aliphatic carbocycles. The molecule has 0 amide bonds. The van der Waals surface area contributed by atoms with Crippen molar-refractivity contribution in [1.82, 2.24) is 0 Å². The van der Waals surface area contributed by atoms with Gasteiger partial charge in [0.1, 0.15) is 12.3 Å². The Bertz CT molecular complexity index is 1210. The van der Waals surface area contributed by atoms with Crippen LogP contribution in [0.15, 0.2) is 66.3 Å². The van der Waals surface area contributed by atoms with E-state index in [4.69, 9.17) is 0 Å². The predicted octanol–water partition coefficient (Wildman–Crippen LogP) is 9.96. The first-order valence-corrected chi connectivity index (χ1v) is 14.2. The van der Waals surface area contributed by atoms with Gasteiger partial charge in [-0.05, 0) is 88.8 Å². The molecule has 1 fully saturated rings. The maximum Gasteiger partial charge on any atom is 0.104 e. The predicted molar refractivity (Wildman–Crippen MR) is 149 cm³/mol. The summed E-state index contributed by atoms with van der Waals surface area (Å²) in [4.78, 5) is 0. The molecule has 2 unspecified atom stereocenters. The summed E-state index contributed by atoms with van der Waals surface area (Å²) in [6, 6.07) is 13.6. The van der Waals surface area contributed by atoms with Crippen molar-refractivity contribution in [2.75, 3.05) is 0 Å². The maximum absolute atomic E-state index is 15.0. The Morgan fingerprint density at radius 1 is 0.778 bits per heavy atom. The van der Waals surface area contributed by atoms with E-state index in [-0.39, 0.29) is 11.8 Å². The van der Waals surface area contributed by atoms with Crippen molar-refractivity contribution in [2.45, 2.75) is 102 Å². The third kappa shape index (κ3) is 3.58. The molecule has 0 aliphatic heterocycles. The average molecular weight is 487 g/mol. The van der Waals surface area contributed by atoms with Crippen LogP contribution < -0.4 is 0 Å². The quantitative estimate of drug-likeness (QED) is 0.403. The summed E-state index contributed by atoms with van der Waals surface area (Å²) in [6.45, 7) is 8.56. The van der Waals surface area contributed by atoms with Gasteiger partial charge in [-0.2, -0.15) is 0 Å². The maximum atomic E-state index is 15.0. The van der Waals surface area contributed by atoms with Gasteiger partial charge < -0.3 is 0 Å². The van der Waals surface area contributed by atoms with Gasteiger partial charge >= 0.3 is 0 Å². The molecular formula is C34H40F2. The fraction of sp³-hybridized carbons (Fsp3) is 0.471. The Hall–Kier alpha value is -2.48. The largest absolute Gasteiger partial charge is 0.247 e. The van der Waals surface area contributed by atoms with Gasteiger partial charge in [0, 0.05) is 17.3 Å². The molecule has 0 nitrogen and oxygen atoms in total. The standard InChI is InChI=1S/C32H34F2.C2H6/c1-3-14-31(15-4-2)27-13-9-8-11-23(27)25-18-30-26(17-29(25)31)24-10-6-5-7-12-28(24)32(30)19-21(33)16-22(34)20-32;1-2/h6-13,17-18,21-22H,3-5,14-16,19-20H2,1-2H3;1-2H3. The molecule has 0 saturated heterocycles. The number of hydrogen-bond donors (Lipinski definition) is 0. The van der Waals surface area contributed by atoms with E-state index in [1.807, 2.05) is 13.8 Å². The summed E-state index contributed by atoms with van der Waals surface area (Å²) in [5.41, 5.74) is 9.59. The van der Waals surface area contributed by atoms with Gasteiger partial charge in [0.15, 0.2) is 0 Å². The van der Waals surface area contributed by atoms with Gasteiger partial charge in [0.2, 0.25) is 0 Å². The first kappa shape index (κ1) is 25.2. The molecular weight excluding hydrogens is 446 g/mol. The fourth-order valence-electron chi connectivity index (χ4n) is 7.79. The van der Waals surface area contributed by atoms with E-state index in [1.54, 1.807) is 0 Å². The Morgan fingerprint density at radius 3 is 2.11 bits per heavy atom. The molecule has 0 radical (unpaired) electrons. The van der Waals surface area contributed by atoms with Gasteiger partial charge in [-0.25, -0.2) is 8.78 Å². The molecule has 2 atom stereocenters. The third-order valence-electron chi connectivity index (χ3n) is 8.86. The van der Waals surface area contributed by atoms with E-state index in [2.05, 4.69) is 74.5 Å². The lowest BCUT2D eigenvalue weighted by Crippen LogP contribution is -2.39. The number of alkyl halides is 2. The lowest BCUT2D eigenvalue weighted by atomic mass is 9.65. The number of rotatable bonds is 4. The summed E-state index contributed by atoms with van der Waals surface area (Å²) in [5, 5.41) is 0. The van der Waals surface area contributed by atoms with Gasteiger partial charge in [-0.15, -0.1) is 0 Å². The molecule has 4 aliphatic rings. The summed E-state index contributed by atoms with van der Waals surface area (Å²) in [7, 11) is 0. The highest BCUT2D eigenvalue weighted by molar-refractivity contribution is 5.93. The number of allylic oxidation sites excluding steroid dienone is 6. The first-order valence-electron chi connectivity index (χ1n) is 14.2. The van der Waals surface area contributed by atoms with Gasteiger partial charge in [0.25, 0.3) is 0 Å². The van der Waals surface area contributed by atoms with Crippen LogP contribution in [0.5, 0.6) is 0 Å². The molecule has 0 heterocycles. The van der Waals surface area contributed by atoms with Crippen molar-refractivity contribution in [3.63, 3.8) is 0 Å². The molecule has 190 valence electrons. The van der Waals surface area contributed by atoms with E-state index in [1.165, 1.54) is 33.4 Å². The second kappa shape index (κ2) is 9.77. The monoisotopic (exact) mass is 486 g/mol. The highest BCUT2D eigenvalue weighted by atomic mass is 19.1. The van der Waals surface area contributed by atoms with Crippen molar-refractivity contribution < 1.29 is 8.78 Å². The highest BCUT2D eigenvalue weighted by Gasteiger charge is 2.51. The number of hydrogen-bond acceptors (Lipinski definition) is 0. The zero-order valence-electron chi connectivity index (χ0n) is 22.3. The number of benzene rings is 2. The van der Waals surface area contributed by atoms with Crippen LogP contribution in [0.25, 0.3) is 16.7 Å². The van der Waals surface area contributed by atoms with E-state index in [0.29, 0.717) is 12.8 Å². The van der Waals surface area contributed by atoms with Crippen LogP contribution >= 0.6 is 0 Å². The Kier molecular flexibility index (Phi) is 6.83. The molecule has 6 rings (SSSR count). The molecule has 2 aromatic rings. The normalized spacial score (nSPS) is 26.6. The van der Waals surface area contributed by atoms with Crippen molar-refractivity contribution in [3.05, 3.63) is 88.5 Å². The van der Waals surface area contributed by atoms with Crippen molar-refractivity contribution >= 4 is 5.57 Å². The summed E-state index contributed by atoms with van der Waals surface area (Å²) in [5.74, 6) is 0. The highest BCUT2D eigenvalue weighted by Crippen LogP contribution is 2.61. The Balaban J connectivity index is 0.00000130. The minimum atomic E-state index is -1.11. The van der Waals surface area contributed by atoms with Crippen LogP contribution in [0.2, 0.25) is 0 Å². The molecule has 36 heavy (non-hydrogen) atoms. The van der Waals surface area contributed by atoms with Crippen molar-refractivity contribution in [3.8, 4) is 11.1 Å². The smallest absolute Gasteiger partial charge is 0.104 e. The summed E-state index contributed by atoms with van der Waals surface area (Å²) in [6.07, 6.45) is 12.7. The molecule has 1 saturated carbocycles. The van der Waals surface area contributed by atoms with Crippen LogP contribution in [0, 0.1) is 0 Å². The molecule has 0 aromatic heterocycles. The van der Waals surface area contributed by atoms with E-state index < -0.39 is 17.8 Å². The fourth-order valence-corrected chi connectivity index (χ4v) is 7.79. The molecule has 0 N–H and O–H groups in total. The zero-order valence-corrected chi connectivity index (χ0v) is 22.3. The van der Waals surface area contributed by atoms with E-state index >= 15 is 8.78 Å². The zero-order chi connectivity index (χ0) is 25.5. The molecule has 1 spiro atoms. The second-order valence-corrected chi connectivity index (χ2v) is 10.9. The molecule has 2 heteroatoms. The topological polar surface area (TPSA) is 0 Å². The molecule has 0 bridgehead atoms. The Morgan fingerprint density at radius 2 is 1.42 bits per heavy atom. The van der Waals surface area contributed by atoms with Crippen LogP contribution in [-0.2, 0) is 10.8 Å². The summed E-state index contributed by atoms with van der Waals surface area (Å²) < 4.78 is 30.0. The van der Waals surface area contributed by atoms with Crippen LogP contribution in [-0.4, -0.2) is 12.3 Å². The average Bonchev–Trinajstić information content (AvgIpc) is 3.10. The van der Waals surface area contributed by atoms with E-state index in [0.717, 1.165) is 43.2 Å². The summed E-state index contributed by atoms with van der Waals surface area (Å²) >= 11 is 0. The first-order chi connectivity index (χ1) is 17.5. The third-order valence-corrected chi connectivity index (χ3v) is 8.86. The van der Waals surface area contributed by atoms with E-state index in [9.17, 15) is 0 Å². The van der Waals surface area contributed by atoms with Crippen LogP contribution in [0.1, 0.15) is 101 Å². The van der Waals surface area contributed by atoms with Crippen LogP contribution in [0.4, 0.5) is 8.78 Å². The number of fused-ring (bicyclic) bond motifs is 7. The second-order valence-electron chi connectivity index (χ2n) is 10.9. The van der Waals surface area contributed by atoms with Gasteiger partial charge in [0.05, 0.1) is 0 Å². The number of halogens is 2. The molecule has 2 aromatic carbocycles. The van der Waals surface area contributed by atoms with Gasteiger partial charge in [-0.1, -0.05) is 89.1 Å². The Labute approximate surface area is 216 Å². The lowest BCUT2D eigenvalue weighted by molar-refractivity contribution is 0.113. The van der Waals surface area contributed by atoms with Crippen LogP contribution in [0.3, 0.4) is 0 Å². The van der Waals surface area contributed by atoms with Crippen molar-refractivity contribution in [1.29, 1.82) is 0 Å². The minimum Gasteiger partial charge on any atom is -0.247 e. The minimum absolute atomic E-state index is 0.0169. The van der Waals surface area contributed by atoms with Crippen molar-refractivity contribution in [2.24, 2.45) is 0 Å². The lowest BCUT2D eigenvalue weighted by Gasteiger charge is -2.40. The SMILES string of the molecule is CC.CCCC1(CCC)c2ccccc2-c2cc3c(cc21)C1=C(C=CCC=C1)C31CC(F)CC(F)C1.